The zero-order chi connectivity index (χ0) is 16.8. The van der Waals surface area contributed by atoms with E-state index in [1.165, 1.54) is 17.7 Å². The van der Waals surface area contributed by atoms with Gasteiger partial charge in [0.25, 0.3) is 5.91 Å². The van der Waals surface area contributed by atoms with Gasteiger partial charge in [0.1, 0.15) is 23.5 Å². The third kappa shape index (κ3) is 4.20. The first-order valence-corrected chi connectivity index (χ1v) is 8.37. The molecule has 24 heavy (non-hydrogen) atoms. The Morgan fingerprint density at radius 1 is 1.25 bits per heavy atom. The fourth-order valence-corrected chi connectivity index (χ4v) is 2.86. The molecule has 1 amide bonds. The maximum Gasteiger partial charge on any atom is 0.258 e. The molecule has 3 rings (SSSR count). The van der Waals surface area contributed by atoms with E-state index < -0.39 is 0 Å². The molecule has 7 heteroatoms. The minimum atomic E-state index is -0.218. The lowest BCUT2D eigenvalue weighted by Crippen LogP contribution is -2.32. The molecule has 0 radical (unpaired) electrons. The number of hydrogen-bond donors (Lipinski definition) is 1. The average Bonchev–Trinajstić information content (AvgIpc) is 3.06. The van der Waals surface area contributed by atoms with Crippen molar-refractivity contribution in [3.8, 4) is 11.6 Å². The first kappa shape index (κ1) is 16.2. The number of fused-ring (bicyclic) bond motifs is 1. The summed E-state index contributed by atoms with van der Waals surface area (Å²) in [6.45, 7) is 2.72. The first-order valence-electron chi connectivity index (χ1n) is 7.49. The van der Waals surface area contributed by atoms with Gasteiger partial charge in [0.15, 0.2) is 6.61 Å². The van der Waals surface area contributed by atoms with Crippen LogP contribution >= 0.6 is 11.3 Å². The normalized spacial score (nSPS) is 10.5. The number of hydrogen-bond acceptors (Lipinski definition) is 6. The third-order valence-corrected chi connectivity index (χ3v) is 4.07. The van der Waals surface area contributed by atoms with E-state index in [4.69, 9.17) is 9.47 Å². The molecule has 0 saturated carbocycles. The summed E-state index contributed by atoms with van der Waals surface area (Å²) in [6, 6.07) is 9.65. The van der Waals surface area contributed by atoms with Crippen LogP contribution in [0.4, 0.5) is 0 Å². The Morgan fingerprint density at radius 3 is 3.04 bits per heavy atom. The number of benzene rings is 1. The molecule has 1 aromatic carbocycles. The Hall–Kier alpha value is -2.67. The number of aromatic nitrogens is 2. The first-order chi connectivity index (χ1) is 11.7. The molecule has 3 aromatic rings. The van der Waals surface area contributed by atoms with Crippen LogP contribution in [0.15, 0.2) is 42.0 Å². The van der Waals surface area contributed by atoms with Crippen LogP contribution in [-0.4, -0.2) is 35.6 Å². The van der Waals surface area contributed by atoms with Crippen LogP contribution in [0.25, 0.3) is 10.2 Å². The fourth-order valence-electron chi connectivity index (χ4n) is 2.13. The molecule has 124 valence electrons. The van der Waals surface area contributed by atoms with Crippen LogP contribution < -0.4 is 14.8 Å². The molecule has 6 nitrogen and oxygen atoms in total. The predicted octanol–water partition coefficient (Wildman–Crippen LogP) is 2.57. The van der Waals surface area contributed by atoms with Gasteiger partial charge in [-0.15, -0.1) is 11.3 Å². The molecule has 0 bridgehead atoms. The van der Waals surface area contributed by atoms with E-state index in [2.05, 4.69) is 15.3 Å². The van der Waals surface area contributed by atoms with Crippen molar-refractivity contribution in [3.05, 3.63) is 47.6 Å². The van der Waals surface area contributed by atoms with Crippen molar-refractivity contribution < 1.29 is 14.3 Å². The Kier molecular flexibility index (Phi) is 5.22. The van der Waals surface area contributed by atoms with E-state index in [9.17, 15) is 4.79 Å². The van der Waals surface area contributed by atoms with E-state index >= 15 is 0 Å². The monoisotopic (exact) mass is 343 g/mol. The summed E-state index contributed by atoms with van der Waals surface area (Å²) in [7, 11) is 0. The molecular formula is C17H17N3O3S. The van der Waals surface area contributed by atoms with Crippen LogP contribution in [0.3, 0.4) is 0 Å². The lowest BCUT2D eigenvalue weighted by atomic mass is 10.2. The molecule has 0 spiro atoms. The molecule has 0 atom stereocenters. The Morgan fingerprint density at radius 2 is 2.17 bits per heavy atom. The van der Waals surface area contributed by atoms with Crippen LogP contribution in [0.2, 0.25) is 0 Å². The molecule has 0 unspecified atom stereocenters. The van der Waals surface area contributed by atoms with E-state index in [-0.39, 0.29) is 12.5 Å². The fraction of sp³-hybridized carbons (Fsp3) is 0.235. The van der Waals surface area contributed by atoms with E-state index in [0.29, 0.717) is 19.0 Å². The lowest BCUT2D eigenvalue weighted by Gasteiger charge is -2.09. The van der Waals surface area contributed by atoms with Gasteiger partial charge in [-0.1, -0.05) is 12.1 Å². The van der Waals surface area contributed by atoms with Gasteiger partial charge in [-0.05, 0) is 36.1 Å². The summed E-state index contributed by atoms with van der Waals surface area (Å²) in [5.74, 6) is 0.999. The average molecular weight is 343 g/mol. The highest BCUT2D eigenvalue weighted by atomic mass is 32.1. The molecule has 2 heterocycles. The summed E-state index contributed by atoms with van der Waals surface area (Å²) in [5, 5.41) is 5.48. The van der Waals surface area contributed by atoms with Crippen molar-refractivity contribution in [2.45, 2.75) is 6.92 Å². The van der Waals surface area contributed by atoms with Crippen molar-refractivity contribution in [3.63, 3.8) is 0 Å². The smallest absolute Gasteiger partial charge is 0.258 e. The highest BCUT2D eigenvalue weighted by Crippen LogP contribution is 2.25. The highest BCUT2D eigenvalue weighted by molar-refractivity contribution is 7.16. The summed E-state index contributed by atoms with van der Waals surface area (Å²) >= 11 is 1.50. The Labute approximate surface area is 143 Å². The number of carbonyl (C=O) groups excluding carboxylic acids is 1. The minimum absolute atomic E-state index is 0.0909. The Balaban J connectivity index is 1.41. The second-order valence-electron chi connectivity index (χ2n) is 5.12. The predicted molar refractivity (Wildman–Crippen MR) is 92.6 cm³/mol. The van der Waals surface area contributed by atoms with Gasteiger partial charge in [0, 0.05) is 0 Å². The summed E-state index contributed by atoms with van der Waals surface area (Å²) in [6.07, 6.45) is 1.43. The zero-order valence-electron chi connectivity index (χ0n) is 13.2. The molecular weight excluding hydrogens is 326 g/mol. The molecule has 2 aromatic heterocycles. The standard InChI is InChI=1S/C17H17N3O3S/c1-12-3-2-4-13(9-12)22-7-6-18-15(21)10-23-16-14-5-8-24-17(14)20-11-19-16/h2-5,8-9,11H,6-7,10H2,1H3,(H,18,21). The van der Waals surface area contributed by atoms with Gasteiger partial charge < -0.3 is 14.8 Å². The van der Waals surface area contributed by atoms with Gasteiger partial charge in [-0.3, -0.25) is 4.79 Å². The third-order valence-electron chi connectivity index (χ3n) is 3.25. The topological polar surface area (TPSA) is 73.3 Å². The van der Waals surface area contributed by atoms with Crippen molar-refractivity contribution in [1.82, 2.24) is 15.3 Å². The molecule has 0 aliphatic rings. The number of aryl methyl sites for hydroxylation is 1. The van der Waals surface area contributed by atoms with Gasteiger partial charge in [0.2, 0.25) is 5.88 Å². The number of amides is 1. The molecule has 0 saturated heterocycles. The van der Waals surface area contributed by atoms with Crippen molar-refractivity contribution in [2.24, 2.45) is 0 Å². The number of nitrogens with zero attached hydrogens (tertiary/aromatic N) is 2. The van der Waals surface area contributed by atoms with E-state index in [0.717, 1.165) is 21.5 Å². The summed E-state index contributed by atoms with van der Waals surface area (Å²) < 4.78 is 11.0. The van der Waals surface area contributed by atoms with Gasteiger partial charge >= 0.3 is 0 Å². The molecule has 0 fully saturated rings. The van der Waals surface area contributed by atoms with Gasteiger partial charge in [-0.2, -0.15) is 0 Å². The van der Waals surface area contributed by atoms with Gasteiger partial charge in [0.05, 0.1) is 11.9 Å². The van der Waals surface area contributed by atoms with Crippen LogP contribution in [0.5, 0.6) is 11.6 Å². The second kappa shape index (κ2) is 7.74. The SMILES string of the molecule is Cc1cccc(OCCNC(=O)COc2ncnc3sccc23)c1. The van der Waals surface area contributed by atoms with Crippen molar-refractivity contribution >= 4 is 27.5 Å². The number of ether oxygens (including phenoxy) is 2. The quantitative estimate of drug-likeness (QED) is 0.668. The maximum absolute atomic E-state index is 11.8. The van der Waals surface area contributed by atoms with Crippen molar-refractivity contribution in [2.75, 3.05) is 19.8 Å². The van der Waals surface area contributed by atoms with Gasteiger partial charge in [-0.25, -0.2) is 9.97 Å². The maximum atomic E-state index is 11.8. The summed E-state index contributed by atoms with van der Waals surface area (Å²) in [4.78, 5) is 20.9. The molecule has 0 aliphatic carbocycles. The van der Waals surface area contributed by atoms with Crippen LogP contribution in [0, 0.1) is 6.92 Å². The number of carbonyl (C=O) groups is 1. The zero-order valence-corrected chi connectivity index (χ0v) is 14.0. The van der Waals surface area contributed by atoms with Crippen LogP contribution in [-0.2, 0) is 4.79 Å². The number of thiophene rings is 1. The van der Waals surface area contributed by atoms with Crippen molar-refractivity contribution in [1.29, 1.82) is 0 Å². The largest absolute Gasteiger partial charge is 0.492 e. The minimum Gasteiger partial charge on any atom is -0.492 e. The number of rotatable bonds is 7. The number of nitrogens with one attached hydrogen (secondary N) is 1. The Bertz CT molecular complexity index is 835. The molecule has 0 aliphatic heterocycles. The van der Waals surface area contributed by atoms with E-state index in [1.807, 2.05) is 42.6 Å². The second-order valence-corrected chi connectivity index (χ2v) is 6.02. The highest BCUT2D eigenvalue weighted by Gasteiger charge is 2.08. The van der Waals surface area contributed by atoms with Crippen LogP contribution in [0.1, 0.15) is 5.56 Å². The lowest BCUT2D eigenvalue weighted by molar-refractivity contribution is -0.123. The molecule has 1 N–H and O–H groups in total. The van der Waals surface area contributed by atoms with E-state index in [1.54, 1.807) is 0 Å². The summed E-state index contributed by atoms with van der Waals surface area (Å²) in [5.41, 5.74) is 1.13.